The van der Waals surface area contributed by atoms with Crippen molar-refractivity contribution in [2.75, 3.05) is 12.8 Å². The zero-order valence-electron chi connectivity index (χ0n) is 9.69. The third-order valence-electron chi connectivity index (χ3n) is 2.61. The van der Waals surface area contributed by atoms with E-state index < -0.39 is 0 Å². The Kier molecular flexibility index (Phi) is 3.15. The highest BCUT2D eigenvalue weighted by Gasteiger charge is 2.16. The molecule has 2 aromatic rings. The Morgan fingerprint density at radius 3 is 2.65 bits per heavy atom. The summed E-state index contributed by atoms with van der Waals surface area (Å²) in [6, 6.07) is 6.93. The van der Waals surface area contributed by atoms with Gasteiger partial charge in [0.1, 0.15) is 5.75 Å². The van der Waals surface area contributed by atoms with Crippen molar-refractivity contribution < 1.29 is 9.53 Å². The minimum Gasteiger partial charge on any atom is -0.497 e. The molecule has 0 saturated heterocycles. The fourth-order valence-electron chi connectivity index (χ4n) is 1.62. The Labute approximate surface area is 104 Å². The smallest absolute Gasteiger partial charge is 0.196 e. The molecule has 0 bridgehead atoms. The van der Waals surface area contributed by atoms with Gasteiger partial charge >= 0.3 is 0 Å². The molecule has 1 heterocycles. The van der Waals surface area contributed by atoms with Gasteiger partial charge in [-0.1, -0.05) is 0 Å². The van der Waals surface area contributed by atoms with E-state index in [0.29, 0.717) is 22.6 Å². The molecular formula is C13H13NO2S. The highest BCUT2D eigenvalue weighted by atomic mass is 32.1. The standard InChI is InChI=1S/C13H13NO2S/c1-8-10(5-6-17-8)13(15)11-7-9(16-2)3-4-12(11)14/h3-7H,14H2,1-2H3. The minimum absolute atomic E-state index is 0.0554. The SMILES string of the molecule is COc1ccc(N)c(C(=O)c2ccsc2C)c1. The summed E-state index contributed by atoms with van der Waals surface area (Å²) < 4.78 is 5.10. The summed E-state index contributed by atoms with van der Waals surface area (Å²) in [5.41, 5.74) is 7.50. The maximum absolute atomic E-state index is 12.3. The highest BCUT2D eigenvalue weighted by molar-refractivity contribution is 7.10. The van der Waals surface area contributed by atoms with E-state index in [4.69, 9.17) is 10.5 Å². The van der Waals surface area contributed by atoms with Crippen molar-refractivity contribution in [3.63, 3.8) is 0 Å². The Hall–Kier alpha value is -1.81. The topological polar surface area (TPSA) is 52.3 Å². The summed E-state index contributed by atoms with van der Waals surface area (Å²) >= 11 is 1.55. The van der Waals surface area contributed by atoms with Crippen molar-refractivity contribution in [1.29, 1.82) is 0 Å². The molecular weight excluding hydrogens is 234 g/mol. The van der Waals surface area contributed by atoms with Crippen molar-refractivity contribution in [2.45, 2.75) is 6.92 Å². The van der Waals surface area contributed by atoms with Gasteiger partial charge in [0.2, 0.25) is 0 Å². The van der Waals surface area contributed by atoms with Gasteiger partial charge in [0, 0.05) is 21.7 Å². The van der Waals surface area contributed by atoms with Gasteiger partial charge in [0.05, 0.1) is 7.11 Å². The van der Waals surface area contributed by atoms with Crippen LogP contribution < -0.4 is 10.5 Å². The molecule has 0 atom stereocenters. The monoisotopic (exact) mass is 247 g/mol. The fourth-order valence-corrected chi connectivity index (χ4v) is 2.32. The lowest BCUT2D eigenvalue weighted by molar-refractivity contribution is 0.103. The molecule has 1 aromatic carbocycles. The van der Waals surface area contributed by atoms with Gasteiger partial charge in [0.15, 0.2) is 5.78 Å². The molecule has 0 radical (unpaired) electrons. The van der Waals surface area contributed by atoms with E-state index in [1.807, 2.05) is 18.4 Å². The number of carbonyl (C=O) groups excluding carboxylic acids is 1. The molecule has 0 aliphatic rings. The van der Waals surface area contributed by atoms with Gasteiger partial charge in [-0.3, -0.25) is 4.79 Å². The van der Waals surface area contributed by atoms with Crippen LogP contribution in [0.3, 0.4) is 0 Å². The van der Waals surface area contributed by atoms with E-state index in [2.05, 4.69) is 0 Å². The summed E-state index contributed by atoms with van der Waals surface area (Å²) in [7, 11) is 1.57. The number of nitrogens with two attached hydrogens (primary N) is 1. The van der Waals surface area contributed by atoms with E-state index in [9.17, 15) is 4.79 Å². The number of methoxy groups -OCH3 is 1. The first-order chi connectivity index (χ1) is 8.13. The van der Waals surface area contributed by atoms with Gasteiger partial charge in [-0.2, -0.15) is 0 Å². The predicted octanol–water partition coefficient (Wildman–Crippen LogP) is 2.88. The highest BCUT2D eigenvalue weighted by Crippen LogP contribution is 2.25. The van der Waals surface area contributed by atoms with Crippen LogP contribution in [0, 0.1) is 6.92 Å². The van der Waals surface area contributed by atoms with E-state index in [-0.39, 0.29) is 5.78 Å². The number of carbonyl (C=O) groups is 1. The number of rotatable bonds is 3. The molecule has 0 fully saturated rings. The van der Waals surface area contributed by atoms with E-state index in [1.165, 1.54) is 0 Å². The minimum atomic E-state index is -0.0554. The number of ketones is 1. The van der Waals surface area contributed by atoms with Crippen LogP contribution in [0.15, 0.2) is 29.6 Å². The summed E-state index contributed by atoms with van der Waals surface area (Å²) in [4.78, 5) is 13.3. The molecule has 0 spiro atoms. The number of nitrogen functional groups attached to an aromatic ring is 1. The van der Waals surface area contributed by atoms with Crippen molar-refractivity contribution in [3.05, 3.63) is 45.6 Å². The summed E-state index contributed by atoms with van der Waals surface area (Å²) in [6.07, 6.45) is 0. The lowest BCUT2D eigenvalue weighted by Gasteiger charge is -2.07. The first-order valence-electron chi connectivity index (χ1n) is 5.16. The number of hydrogen-bond acceptors (Lipinski definition) is 4. The molecule has 1 aromatic heterocycles. The van der Waals surface area contributed by atoms with Gasteiger partial charge in [-0.25, -0.2) is 0 Å². The number of anilines is 1. The summed E-state index contributed by atoms with van der Waals surface area (Å²) in [5, 5.41) is 1.90. The summed E-state index contributed by atoms with van der Waals surface area (Å²) in [6.45, 7) is 1.92. The average molecular weight is 247 g/mol. The van der Waals surface area contributed by atoms with Crippen LogP contribution in [-0.4, -0.2) is 12.9 Å². The van der Waals surface area contributed by atoms with E-state index >= 15 is 0 Å². The molecule has 0 aliphatic carbocycles. The normalized spacial score (nSPS) is 10.2. The molecule has 0 saturated carbocycles. The van der Waals surface area contributed by atoms with Crippen LogP contribution >= 0.6 is 11.3 Å². The molecule has 0 unspecified atom stereocenters. The number of ether oxygens (including phenoxy) is 1. The third-order valence-corrected chi connectivity index (χ3v) is 3.45. The fraction of sp³-hybridized carbons (Fsp3) is 0.154. The van der Waals surface area contributed by atoms with Gasteiger partial charge < -0.3 is 10.5 Å². The number of benzene rings is 1. The third kappa shape index (κ3) is 2.17. The molecule has 2 N–H and O–H groups in total. The van der Waals surface area contributed by atoms with Crippen LogP contribution in [0.25, 0.3) is 0 Å². The number of thiophene rings is 1. The Morgan fingerprint density at radius 2 is 2.06 bits per heavy atom. The van der Waals surface area contributed by atoms with Crippen LogP contribution in [-0.2, 0) is 0 Å². The first kappa shape index (κ1) is 11.7. The van der Waals surface area contributed by atoms with Crippen LogP contribution in [0.1, 0.15) is 20.8 Å². The Morgan fingerprint density at radius 1 is 1.29 bits per heavy atom. The zero-order chi connectivity index (χ0) is 12.4. The van der Waals surface area contributed by atoms with Gasteiger partial charge in [0.25, 0.3) is 0 Å². The molecule has 88 valence electrons. The average Bonchev–Trinajstić information content (AvgIpc) is 2.75. The molecule has 2 rings (SSSR count). The maximum Gasteiger partial charge on any atom is 0.196 e. The molecule has 17 heavy (non-hydrogen) atoms. The van der Waals surface area contributed by atoms with Crippen LogP contribution in [0.4, 0.5) is 5.69 Å². The van der Waals surface area contributed by atoms with Crippen molar-refractivity contribution >= 4 is 22.8 Å². The molecule has 0 aliphatic heterocycles. The lowest BCUT2D eigenvalue weighted by atomic mass is 10.0. The molecule has 0 amide bonds. The van der Waals surface area contributed by atoms with Gasteiger partial charge in [-0.05, 0) is 36.6 Å². The van der Waals surface area contributed by atoms with Crippen molar-refractivity contribution in [2.24, 2.45) is 0 Å². The Bertz CT molecular complexity index is 560. The van der Waals surface area contributed by atoms with E-state index in [1.54, 1.807) is 36.6 Å². The van der Waals surface area contributed by atoms with Crippen molar-refractivity contribution in [3.8, 4) is 5.75 Å². The molecule has 3 nitrogen and oxygen atoms in total. The number of aryl methyl sites for hydroxylation is 1. The second kappa shape index (κ2) is 4.59. The zero-order valence-corrected chi connectivity index (χ0v) is 10.5. The van der Waals surface area contributed by atoms with Gasteiger partial charge in [-0.15, -0.1) is 11.3 Å². The molecule has 4 heteroatoms. The maximum atomic E-state index is 12.3. The first-order valence-corrected chi connectivity index (χ1v) is 6.03. The van der Waals surface area contributed by atoms with Crippen molar-refractivity contribution in [1.82, 2.24) is 0 Å². The second-order valence-corrected chi connectivity index (χ2v) is 4.79. The predicted molar refractivity (Wildman–Crippen MR) is 69.9 cm³/mol. The second-order valence-electron chi connectivity index (χ2n) is 3.67. The largest absolute Gasteiger partial charge is 0.497 e. The van der Waals surface area contributed by atoms with E-state index in [0.717, 1.165) is 4.88 Å². The Balaban J connectivity index is 2.47. The van der Waals surface area contributed by atoms with Crippen LogP contribution in [0.5, 0.6) is 5.75 Å². The summed E-state index contributed by atoms with van der Waals surface area (Å²) in [5.74, 6) is 0.579. The van der Waals surface area contributed by atoms with Crippen LogP contribution in [0.2, 0.25) is 0 Å². The number of hydrogen-bond donors (Lipinski definition) is 1. The quantitative estimate of drug-likeness (QED) is 0.670. The lowest BCUT2D eigenvalue weighted by Crippen LogP contribution is -2.05.